The van der Waals surface area contributed by atoms with Crippen molar-refractivity contribution in [1.82, 2.24) is 10.2 Å². The maximum Gasteiger partial charge on any atom is 0.166 e. The SMILES string of the molecule is COc1ccc(-c2cc(/C=C3\CC4C=CC=CC4C3=O)[nH]n2)c(F)c1. The van der Waals surface area contributed by atoms with Gasteiger partial charge in [-0.25, -0.2) is 4.39 Å². The molecule has 1 aromatic heterocycles. The van der Waals surface area contributed by atoms with Crippen LogP contribution in [0.25, 0.3) is 17.3 Å². The van der Waals surface area contributed by atoms with E-state index in [1.807, 2.05) is 24.3 Å². The zero-order chi connectivity index (χ0) is 17.4. The van der Waals surface area contributed by atoms with E-state index in [-0.39, 0.29) is 17.6 Å². The number of H-pyrrole nitrogens is 1. The number of aromatic nitrogens is 2. The van der Waals surface area contributed by atoms with Crippen LogP contribution in [-0.2, 0) is 4.79 Å². The Labute approximate surface area is 144 Å². The van der Waals surface area contributed by atoms with Crippen LogP contribution < -0.4 is 4.74 Å². The Balaban J connectivity index is 1.61. The zero-order valence-corrected chi connectivity index (χ0v) is 13.7. The highest BCUT2D eigenvalue weighted by molar-refractivity contribution is 6.04. The van der Waals surface area contributed by atoms with Crippen molar-refractivity contribution in [2.24, 2.45) is 11.8 Å². The molecule has 1 heterocycles. The number of hydrogen-bond donors (Lipinski definition) is 1. The summed E-state index contributed by atoms with van der Waals surface area (Å²) in [5, 5.41) is 7.05. The Bertz CT molecular complexity index is 924. The van der Waals surface area contributed by atoms with E-state index in [0.29, 0.717) is 22.7 Å². The number of carbonyl (C=O) groups excluding carboxylic acids is 1. The summed E-state index contributed by atoms with van der Waals surface area (Å²) in [5.41, 5.74) is 2.35. The van der Waals surface area contributed by atoms with Gasteiger partial charge in [0.05, 0.1) is 18.5 Å². The highest BCUT2D eigenvalue weighted by atomic mass is 19.1. The van der Waals surface area contributed by atoms with E-state index < -0.39 is 5.82 Å². The van der Waals surface area contributed by atoms with Crippen molar-refractivity contribution in [3.05, 3.63) is 65.7 Å². The summed E-state index contributed by atoms with van der Waals surface area (Å²) in [7, 11) is 1.49. The maximum atomic E-state index is 14.2. The third-order valence-corrected chi connectivity index (χ3v) is 4.70. The predicted molar refractivity (Wildman–Crippen MR) is 93.4 cm³/mol. The Hall–Kier alpha value is -2.95. The van der Waals surface area contributed by atoms with Crippen LogP contribution in [0.2, 0.25) is 0 Å². The molecular formula is C20H17FN2O2. The average Bonchev–Trinajstić information content (AvgIpc) is 3.21. The number of ketones is 1. The Morgan fingerprint density at radius 3 is 2.88 bits per heavy atom. The molecule has 0 saturated heterocycles. The second kappa shape index (κ2) is 6.16. The van der Waals surface area contributed by atoms with E-state index in [9.17, 15) is 9.18 Å². The number of fused-ring (bicyclic) bond motifs is 1. The van der Waals surface area contributed by atoms with Gasteiger partial charge in [0.25, 0.3) is 0 Å². The number of hydrogen-bond acceptors (Lipinski definition) is 3. The third kappa shape index (κ3) is 2.82. The van der Waals surface area contributed by atoms with Gasteiger partial charge >= 0.3 is 0 Å². The van der Waals surface area contributed by atoms with Crippen molar-refractivity contribution < 1.29 is 13.9 Å². The lowest BCUT2D eigenvalue weighted by atomic mass is 9.92. The number of Topliss-reactive ketones (excluding diaryl/α,β-unsaturated/α-hetero) is 1. The smallest absolute Gasteiger partial charge is 0.166 e. The van der Waals surface area contributed by atoms with Crippen LogP contribution in [0.5, 0.6) is 5.75 Å². The van der Waals surface area contributed by atoms with E-state index >= 15 is 0 Å². The number of halogens is 1. The fraction of sp³-hybridized carbons (Fsp3) is 0.200. The molecule has 0 bridgehead atoms. The molecule has 0 radical (unpaired) electrons. The number of aromatic amines is 1. The maximum absolute atomic E-state index is 14.2. The summed E-state index contributed by atoms with van der Waals surface area (Å²) >= 11 is 0. The van der Waals surface area contributed by atoms with E-state index in [1.54, 1.807) is 18.2 Å². The number of rotatable bonds is 3. The summed E-state index contributed by atoms with van der Waals surface area (Å²) in [6.45, 7) is 0. The highest BCUT2D eigenvalue weighted by Crippen LogP contribution is 2.37. The van der Waals surface area contributed by atoms with Gasteiger partial charge in [-0.05, 0) is 42.2 Å². The molecule has 1 saturated carbocycles. The number of nitrogens with zero attached hydrogens (tertiary/aromatic N) is 1. The molecule has 1 N–H and O–H groups in total. The fourth-order valence-corrected chi connectivity index (χ4v) is 3.40. The van der Waals surface area contributed by atoms with Gasteiger partial charge in [-0.1, -0.05) is 24.3 Å². The molecule has 2 aliphatic carbocycles. The number of benzene rings is 1. The monoisotopic (exact) mass is 336 g/mol. The molecule has 0 aliphatic heterocycles. The molecule has 126 valence electrons. The molecule has 5 heteroatoms. The summed E-state index contributed by atoms with van der Waals surface area (Å²) in [6.07, 6.45) is 10.5. The lowest BCUT2D eigenvalue weighted by molar-refractivity contribution is -0.116. The van der Waals surface area contributed by atoms with Gasteiger partial charge in [0.1, 0.15) is 11.6 Å². The van der Waals surface area contributed by atoms with Crippen molar-refractivity contribution in [2.75, 3.05) is 7.11 Å². The van der Waals surface area contributed by atoms with Crippen molar-refractivity contribution in [3.63, 3.8) is 0 Å². The summed E-state index contributed by atoms with van der Waals surface area (Å²) < 4.78 is 19.2. The van der Waals surface area contributed by atoms with Gasteiger partial charge in [0, 0.05) is 17.5 Å². The number of allylic oxidation sites excluding steroid dienone is 5. The Kier molecular flexibility index (Phi) is 3.84. The topological polar surface area (TPSA) is 55.0 Å². The molecule has 2 unspecified atom stereocenters. The van der Waals surface area contributed by atoms with E-state index in [0.717, 1.165) is 12.0 Å². The van der Waals surface area contributed by atoms with Crippen molar-refractivity contribution in [2.45, 2.75) is 6.42 Å². The lowest BCUT2D eigenvalue weighted by Gasteiger charge is -2.11. The van der Waals surface area contributed by atoms with Crippen LogP contribution in [-0.4, -0.2) is 23.1 Å². The largest absolute Gasteiger partial charge is 0.497 e. The minimum Gasteiger partial charge on any atom is -0.497 e. The molecule has 2 aliphatic rings. The quantitative estimate of drug-likeness (QED) is 0.864. The van der Waals surface area contributed by atoms with Crippen LogP contribution in [0.1, 0.15) is 12.1 Å². The number of methoxy groups -OCH3 is 1. The van der Waals surface area contributed by atoms with Crippen LogP contribution >= 0.6 is 0 Å². The second-order valence-electron chi connectivity index (χ2n) is 6.25. The lowest BCUT2D eigenvalue weighted by Crippen LogP contribution is -2.12. The van der Waals surface area contributed by atoms with Crippen molar-refractivity contribution in [3.8, 4) is 17.0 Å². The van der Waals surface area contributed by atoms with Crippen LogP contribution in [0.3, 0.4) is 0 Å². The van der Waals surface area contributed by atoms with Gasteiger partial charge < -0.3 is 4.74 Å². The van der Waals surface area contributed by atoms with Gasteiger partial charge in [-0.2, -0.15) is 5.10 Å². The molecular weight excluding hydrogens is 319 g/mol. The molecule has 1 fully saturated rings. The minimum atomic E-state index is -0.400. The van der Waals surface area contributed by atoms with E-state index in [1.165, 1.54) is 13.2 Å². The summed E-state index contributed by atoms with van der Waals surface area (Å²) in [4.78, 5) is 12.5. The summed E-state index contributed by atoms with van der Waals surface area (Å²) in [5.74, 6) is 0.392. The molecule has 0 spiro atoms. The number of nitrogens with one attached hydrogen (secondary N) is 1. The molecule has 4 rings (SSSR count). The van der Waals surface area contributed by atoms with Gasteiger partial charge in [0.2, 0.25) is 0 Å². The first-order chi connectivity index (χ1) is 12.2. The molecule has 2 atom stereocenters. The third-order valence-electron chi connectivity index (χ3n) is 4.70. The highest BCUT2D eigenvalue weighted by Gasteiger charge is 2.35. The normalized spacial score (nSPS) is 23.3. The first-order valence-electron chi connectivity index (χ1n) is 8.15. The van der Waals surface area contributed by atoms with Crippen molar-refractivity contribution in [1.29, 1.82) is 0 Å². The predicted octanol–water partition coefficient (Wildman–Crippen LogP) is 3.94. The fourth-order valence-electron chi connectivity index (χ4n) is 3.40. The Morgan fingerprint density at radius 2 is 2.12 bits per heavy atom. The number of ether oxygens (including phenoxy) is 1. The molecule has 2 aromatic rings. The van der Waals surface area contributed by atoms with E-state index in [2.05, 4.69) is 16.3 Å². The van der Waals surface area contributed by atoms with Gasteiger partial charge in [-0.3, -0.25) is 9.89 Å². The Morgan fingerprint density at radius 1 is 1.28 bits per heavy atom. The van der Waals surface area contributed by atoms with Crippen LogP contribution in [0.15, 0.2) is 54.1 Å². The van der Waals surface area contributed by atoms with Gasteiger partial charge in [0.15, 0.2) is 5.78 Å². The van der Waals surface area contributed by atoms with Crippen LogP contribution in [0.4, 0.5) is 4.39 Å². The second-order valence-corrected chi connectivity index (χ2v) is 6.25. The first kappa shape index (κ1) is 15.6. The van der Waals surface area contributed by atoms with Crippen molar-refractivity contribution >= 4 is 11.9 Å². The van der Waals surface area contributed by atoms with E-state index in [4.69, 9.17) is 4.74 Å². The van der Waals surface area contributed by atoms with Gasteiger partial charge in [-0.15, -0.1) is 0 Å². The summed E-state index contributed by atoms with van der Waals surface area (Å²) in [6, 6.07) is 6.39. The number of carbonyl (C=O) groups is 1. The molecule has 1 aromatic carbocycles. The average molecular weight is 336 g/mol. The van der Waals surface area contributed by atoms with Crippen LogP contribution in [0, 0.1) is 17.7 Å². The zero-order valence-electron chi connectivity index (χ0n) is 13.7. The minimum absolute atomic E-state index is 0.0577. The standard InChI is InChI=1S/C20H17FN2O2/c1-25-15-6-7-17(18(21)11-15)19-10-14(22-23-19)9-13-8-12-4-2-3-5-16(12)20(13)24/h2-7,9-12,16H,8H2,1H3,(H,22,23)/b13-9+. The first-order valence-corrected chi connectivity index (χ1v) is 8.15. The molecule has 4 nitrogen and oxygen atoms in total. The molecule has 0 amide bonds. The molecule has 25 heavy (non-hydrogen) atoms.